The Morgan fingerprint density at radius 3 is 3.00 bits per heavy atom. The van der Waals surface area contributed by atoms with E-state index in [9.17, 15) is 4.79 Å². The molecule has 5 heteroatoms. The third kappa shape index (κ3) is 3.92. The molecule has 1 aliphatic rings. The minimum atomic E-state index is -0.423. The first-order valence-corrected chi connectivity index (χ1v) is 8.05. The molecule has 2 rings (SSSR count). The second-order valence-electron chi connectivity index (χ2n) is 5.99. The van der Waals surface area contributed by atoms with Gasteiger partial charge in [0, 0.05) is 19.2 Å². The van der Waals surface area contributed by atoms with Crippen LogP contribution in [-0.2, 0) is 16.9 Å². The van der Waals surface area contributed by atoms with Crippen LogP contribution in [0.3, 0.4) is 0 Å². The summed E-state index contributed by atoms with van der Waals surface area (Å²) in [5, 5.41) is 3.22. The van der Waals surface area contributed by atoms with Crippen LogP contribution in [0, 0.1) is 5.92 Å². The number of nitrogens with zero attached hydrogens (tertiary/aromatic N) is 1. The van der Waals surface area contributed by atoms with Crippen molar-refractivity contribution in [2.24, 2.45) is 5.92 Å². The Bertz CT molecular complexity index is 510. The maximum atomic E-state index is 12.0. The summed E-state index contributed by atoms with van der Waals surface area (Å²) >= 11 is 0. The molecule has 1 aliphatic carbocycles. The first kappa shape index (κ1) is 16.2. The maximum Gasteiger partial charge on any atom is 0.251 e. The quantitative estimate of drug-likeness (QED) is 0.844. The van der Waals surface area contributed by atoms with Crippen LogP contribution in [0.1, 0.15) is 58.0 Å². The van der Waals surface area contributed by atoms with E-state index in [4.69, 9.17) is 4.74 Å². The van der Waals surface area contributed by atoms with Crippen molar-refractivity contribution in [1.29, 1.82) is 0 Å². The van der Waals surface area contributed by atoms with E-state index in [0.717, 1.165) is 31.5 Å². The summed E-state index contributed by atoms with van der Waals surface area (Å²) in [6.45, 7) is 8.39. The lowest BCUT2D eigenvalue weighted by atomic mass is 9.78. The third-order valence-electron chi connectivity index (χ3n) is 4.16. The van der Waals surface area contributed by atoms with Gasteiger partial charge < -0.3 is 15.0 Å². The standard InChI is InChI=1S/C16H27N3O2/c1-4-17-11-13-9-14(20)19-15(18-13)16(21-5-2)8-6-7-12(3)10-16/h9,12,17H,4-8,10-11H2,1-3H3,(H,18,19,20). The Hall–Kier alpha value is -1.20. The highest BCUT2D eigenvalue weighted by Crippen LogP contribution is 2.41. The van der Waals surface area contributed by atoms with Gasteiger partial charge in [-0.25, -0.2) is 4.98 Å². The van der Waals surface area contributed by atoms with E-state index >= 15 is 0 Å². The summed E-state index contributed by atoms with van der Waals surface area (Å²) < 4.78 is 6.09. The van der Waals surface area contributed by atoms with Crippen molar-refractivity contribution in [2.75, 3.05) is 13.2 Å². The van der Waals surface area contributed by atoms with Crippen LogP contribution in [-0.4, -0.2) is 23.1 Å². The Morgan fingerprint density at radius 1 is 1.52 bits per heavy atom. The number of H-pyrrole nitrogens is 1. The van der Waals surface area contributed by atoms with Gasteiger partial charge in [-0.1, -0.05) is 20.3 Å². The van der Waals surface area contributed by atoms with Crippen LogP contribution in [0.2, 0.25) is 0 Å². The minimum Gasteiger partial charge on any atom is -0.367 e. The first-order chi connectivity index (χ1) is 10.1. The van der Waals surface area contributed by atoms with Crippen LogP contribution in [0.5, 0.6) is 0 Å². The fourth-order valence-corrected chi connectivity index (χ4v) is 3.26. The SMILES string of the molecule is CCNCc1cc(=O)[nH]c(C2(OCC)CCCC(C)C2)n1. The molecule has 1 saturated carbocycles. The zero-order valence-electron chi connectivity index (χ0n) is 13.4. The van der Waals surface area contributed by atoms with E-state index in [2.05, 4.69) is 22.2 Å². The van der Waals surface area contributed by atoms with Crippen molar-refractivity contribution in [2.45, 2.75) is 58.6 Å². The van der Waals surface area contributed by atoms with Crippen LogP contribution in [0.4, 0.5) is 0 Å². The molecule has 1 aromatic heterocycles. The molecule has 1 fully saturated rings. The molecular weight excluding hydrogens is 266 g/mol. The van der Waals surface area contributed by atoms with Crippen molar-refractivity contribution in [1.82, 2.24) is 15.3 Å². The molecule has 0 saturated heterocycles. The van der Waals surface area contributed by atoms with Crippen LogP contribution >= 0.6 is 0 Å². The monoisotopic (exact) mass is 293 g/mol. The Morgan fingerprint density at radius 2 is 2.33 bits per heavy atom. The van der Waals surface area contributed by atoms with Crippen LogP contribution in [0.15, 0.2) is 10.9 Å². The van der Waals surface area contributed by atoms with E-state index in [1.165, 1.54) is 6.42 Å². The number of hydrogen-bond donors (Lipinski definition) is 2. The normalized spacial score (nSPS) is 26.0. The van der Waals surface area contributed by atoms with E-state index in [1.807, 2.05) is 13.8 Å². The average molecular weight is 293 g/mol. The van der Waals surface area contributed by atoms with Gasteiger partial charge in [-0.05, 0) is 38.6 Å². The highest BCUT2D eigenvalue weighted by Gasteiger charge is 2.39. The second kappa shape index (κ2) is 7.18. The minimum absolute atomic E-state index is 0.0924. The summed E-state index contributed by atoms with van der Waals surface area (Å²) in [7, 11) is 0. The summed E-state index contributed by atoms with van der Waals surface area (Å²) in [6.07, 6.45) is 4.19. The number of hydrogen-bond acceptors (Lipinski definition) is 4. The summed E-state index contributed by atoms with van der Waals surface area (Å²) in [4.78, 5) is 19.6. The molecule has 0 aromatic carbocycles. The fourth-order valence-electron chi connectivity index (χ4n) is 3.26. The molecule has 118 valence electrons. The van der Waals surface area contributed by atoms with Crippen LogP contribution < -0.4 is 10.9 Å². The first-order valence-electron chi connectivity index (χ1n) is 8.05. The van der Waals surface area contributed by atoms with Gasteiger partial charge in [0.25, 0.3) is 5.56 Å². The molecule has 5 nitrogen and oxygen atoms in total. The molecule has 2 N–H and O–H groups in total. The number of nitrogens with one attached hydrogen (secondary N) is 2. The van der Waals surface area contributed by atoms with E-state index in [-0.39, 0.29) is 5.56 Å². The Kier molecular flexibility index (Phi) is 5.53. The van der Waals surface area contributed by atoms with Gasteiger partial charge in [0.05, 0.1) is 5.69 Å². The van der Waals surface area contributed by atoms with Crippen molar-refractivity contribution < 1.29 is 4.74 Å². The van der Waals surface area contributed by atoms with Crippen molar-refractivity contribution in [3.8, 4) is 0 Å². The number of ether oxygens (including phenoxy) is 1. The molecule has 0 bridgehead atoms. The Labute approximate surface area is 126 Å². The van der Waals surface area contributed by atoms with Gasteiger partial charge in [-0.3, -0.25) is 4.79 Å². The summed E-state index contributed by atoms with van der Waals surface area (Å²) in [5.41, 5.74) is 0.270. The van der Waals surface area contributed by atoms with E-state index in [1.54, 1.807) is 6.07 Å². The maximum absolute atomic E-state index is 12.0. The summed E-state index contributed by atoms with van der Waals surface area (Å²) in [5.74, 6) is 1.30. The molecule has 21 heavy (non-hydrogen) atoms. The molecule has 0 radical (unpaired) electrons. The second-order valence-corrected chi connectivity index (χ2v) is 5.99. The van der Waals surface area contributed by atoms with Gasteiger partial charge in [0.2, 0.25) is 0 Å². The lowest BCUT2D eigenvalue weighted by Crippen LogP contribution is -2.39. The predicted octanol–water partition coefficient (Wildman–Crippen LogP) is 2.32. The number of aromatic amines is 1. The molecule has 1 aromatic rings. The van der Waals surface area contributed by atoms with E-state index < -0.39 is 5.60 Å². The van der Waals surface area contributed by atoms with Crippen molar-refractivity contribution in [3.05, 3.63) is 27.9 Å². The van der Waals surface area contributed by atoms with Crippen molar-refractivity contribution >= 4 is 0 Å². The van der Waals surface area contributed by atoms with Gasteiger partial charge in [-0.2, -0.15) is 0 Å². The smallest absolute Gasteiger partial charge is 0.251 e. The largest absolute Gasteiger partial charge is 0.367 e. The van der Waals surface area contributed by atoms with Crippen molar-refractivity contribution in [3.63, 3.8) is 0 Å². The average Bonchev–Trinajstić information content (AvgIpc) is 2.45. The molecule has 1 heterocycles. The lowest BCUT2D eigenvalue weighted by Gasteiger charge is -2.38. The van der Waals surface area contributed by atoms with Gasteiger partial charge in [-0.15, -0.1) is 0 Å². The topological polar surface area (TPSA) is 67.0 Å². The third-order valence-corrected chi connectivity index (χ3v) is 4.16. The van der Waals surface area contributed by atoms with Gasteiger partial charge >= 0.3 is 0 Å². The fraction of sp³-hybridized carbons (Fsp3) is 0.750. The zero-order chi connectivity index (χ0) is 15.3. The number of aromatic nitrogens is 2. The Balaban J connectivity index is 2.35. The van der Waals surface area contributed by atoms with E-state index in [0.29, 0.717) is 24.9 Å². The highest BCUT2D eigenvalue weighted by molar-refractivity contribution is 5.10. The molecule has 0 spiro atoms. The zero-order valence-corrected chi connectivity index (χ0v) is 13.4. The molecule has 2 atom stereocenters. The highest BCUT2D eigenvalue weighted by atomic mass is 16.5. The molecule has 0 aliphatic heterocycles. The van der Waals surface area contributed by atoms with Crippen LogP contribution in [0.25, 0.3) is 0 Å². The molecular formula is C16H27N3O2. The lowest BCUT2D eigenvalue weighted by molar-refractivity contribution is -0.0883. The number of rotatable bonds is 6. The van der Waals surface area contributed by atoms with Gasteiger partial charge in [0.1, 0.15) is 11.4 Å². The van der Waals surface area contributed by atoms with Gasteiger partial charge in [0.15, 0.2) is 0 Å². The predicted molar refractivity (Wildman–Crippen MR) is 83.2 cm³/mol. The molecule has 2 unspecified atom stereocenters. The summed E-state index contributed by atoms with van der Waals surface area (Å²) in [6, 6.07) is 1.57. The molecule has 0 amide bonds.